The van der Waals surface area contributed by atoms with Crippen molar-refractivity contribution in [1.82, 2.24) is 5.32 Å². The normalized spacial score (nSPS) is 23.8. The quantitative estimate of drug-likeness (QED) is 0.794. The van der Waals surface area contributed by atoms with E-state index in [4.69, 9.17) is 16.3 Å². The van der Waals surface area contributed by atoms with E-state index in [1.165, 1.54) is 16.7 Å². The van der Waals surface area contributed by atoms with Crippen LogP contribution in [0.4, 0.5) is 0 Å². The molecule has 1 atom stereocenters. The Morgan fingerprint density at radius 2 is 2.00 bits per heavy atom. The summed E-state index contributed by atoms with van der Waals surface area (Å²) in [6.45, 7) is 1.76. The average molecular weight is 272 g/mol. The van der Waals surface area contributed by atoms with E-state index in [2.05, 4.69) is 35.6 Å². The molecule has 0 saturated heterocycles. The molecule has 4 rings (SSSR count). The van der Waals surface area contributed by atoms with Crippen molar-refractivity contribution in [1.29, 1.82) is 0 Å². The molecule has 3 heteroatoms. The van der Waals surface area contributed by atoms with Crippen molar-refractivity contribution in [3.05, 3.63) is 64.2 Å². The van der Waals surface area contributed by atoms with Crippen molar-refractivity contribution < 1.29 is 4.74 Å². The standard InChI is InChI=1S/C16H14ClNO/c17-13-6-5-11-8-16(19-15(11)7-13)10-18-9-12-3-1-2-4-14(12)16/h1-7,18H,8-10H2. The Hall–Kier alpha value is -1.51. The molecule has 1 spiro atoms. The van der Waals surface area contributed by atoms with Crippen LogP contribution in [0, 0.1) is 0 Å². The maximum absolute atomic E-state index is 6.30. The average Bonchev–Trinajstić information content (AvgIpc) is 2.77. The van der Waals surface area contributed by atoms with Gasteiger partial charge < -0.3 is 10.1 Å². The molecule has 2 heterocycles. The summed E-state index contributed by atoms with van der Waals surface area (Å²) in [7, 11) is 0. The lowest BCUT2D eigenvalue weighted by Gasteiger charge is -2.35. The molecule has 1 unspecified atom stereocenters. The van der Waals surface area contributed by atoms with E-state index in [9.17, 15) is 0 Å². The van der Waals surface area contributed by atoms with Gasteiger partial charge in [-0.15, -0.1) is 0 Å². The summed E-state index contributed by atoms with van der Waals surface area (Å²) in [6, 6.07) is 14.5. The van der Waals surface area contributed by atoms with Gasteiger partial charge in [-0.1, -0.05) is 41.9 Å². The van der Waals surface area contributed by atoms with Gasteiger partial charge in [0.25, 0.3) is 0 Å². The summed E-state index contributed by atoms with van der Waals surface area (Å²) < 4.78 is 6.30. The zero-order chi connectivity index (χ0) is 12.9. The first kappa shape index (κ1) is 11.3. The molecule has 2 aliphatic heterocycles. The molecule has 1 N–H and O–H groups in total. The topological polar surface area (TPSA) is 21.3 Å². The number of halogens is 1. The van der Waals surface area contributed by atoms with Crippen molar-refractivity contribution in [2.75, 3.05) is 6.54 Å². The van der Waals surface area contributed by atoms with Crippen LogP contribution in [0.1, 0.15) is 16.7 Å². The van der Waals surface area contributed by atoms with Crippen molar-refractivity contribution in [3.8, 4) is 5.75 Å². The highest BCUT2D eigenvalue weighted by atomic mass is 35.5. The van der Waals surface area contributed by atoms with Gasteiger partial charge in [0, 0.05) is 30.1 Å². The molecule has 0 aromatic heterocycles. The lowest BCUT2D eigenvalue weighted by Crippen LogP contribution is -2.46. The third kappa shape index (κ3) is 1.67. The summed E-state index contributed by atoms with van der Waals surface area (Å²) in [5, 5.41) is 4.19. The SMILES string of the molecule is Clc1ccc2c(c1)OC1(CNCc3ccccc31)C2. The van der Waals surface area contributed by atoms with Crippen LogP contribution in [0.15, 0.2) is 42.5 Å². The number of hydrogen-bond acceptors (Lipinski definition) is 2. The van der Waals surface area contributed by atoms with Gasteiger partial charge in [0.2, 0.25) is 0 Å². The smallest absolute Gasteiger partial charge is 0.151 e. The maximum Gasteiger partial charge on any atom is 0.151 e. The predicted molar refractivity (Wildman–Crippen MR) is 75.6 cm³/mol. The first-order chi connectivity index (χ1) is 9.27. The van der Waals surface area contributed by atoms with E-state index in [0.717, 1.165) is 30.3 Å². The first-order valence-corrected chi connectivity index (χ1v) is 6.91. The minimum atomic E-state index is -0.262. The van der Waals surface area contributed by atoms with E-state index in [1.54, 1.807) is 0 Å². The van der Waals surface area contributed by atoms with E-state index >= 15 is 0 Å². The molecular weight excluding hydrogens is 258 g/mol. The van der Waals surface area contributed by atoms with Crippen molar-refractivity contribution in [2.45, 2.75) is 18.6 Å². The second-order valence-electron chi connectivity index (χ2n) is 5.29. The molecule has 2 aromatic carbocycles. The number of ether oxygens (including phenoxy) is 1. The second-order valence-corrected chi connectivity index (χ2v) is 5.72. The van der Waals surface area contributed by atoms with Crippen molar-refractivity contribution in [2.24, 2.45) is 0 Å². The Labute approximate surface area is 117 Å². The fourth-order valence-corrected chi connectivity index (χ4v) is 3.35. The van der Waals surface area contributed by atoms with Crippen molar-refractivity contribution >= 4 is 11.6 Å². The number of fused-ring (bicyclic) bond motifs is 3. The van der Waals surface area contributed by atoms with E-state index in [1.807, 2.05) is 12.1 Å². The first-order valence-electron chi connectivity index (χ1n) is 6.53. The molecule has 0 amide bonds. The largest absolute Gasteiger partial charge is 0.481 e. The highest BCUT2D eigenvalue weighted by molar-refractivity contribution is 6.30. The molecule has 0 bridgehead atoms. The third-order valence-electron chi connectivity index (χ3n) is 4.04. The summed E-state index contributed by atoms with van der Waals surface area (Å²) in [6.07, 6.45) is 0.906. The van der Waals surface area contributed by atoms with Crippen LogP contribution in [0.25, 0.3) is 0 Å². The molecule has 2 aliphatic rings. The van der Waals surface area contributed by atoms with E-state index in [0.29, 0.717) is 0 Å². The fourth-order valence-electron chi connectivity index (χ4n) is 3.19. The zero-order valence-corrected chi connectivity index (χ0v) is 11.2. The minimum absolute atomic E-state index is 0.262. The van der Waals surface area contributed by atoms with Gasteiger partial charge in [-0.05, 0) is 23.3 Å². The molecule has 0 fully saturated rings. The molecule has 0 saturated carbocycles. The second kappa shape index (κ2) is 3.99. The Kier molecular flexibility index (Phi) is 2.38. The monoisotopic (exact) mass is 271 g/mol. The van der Waals surface area contributed by atoms with Crippen LogP contribution in [0.3, 0.4) is 0 Å². The van der Waals surface area contributed by atoms with Gasteiger partial charge in [0.1, 0.15) is 5.75 Å². The Bertz CT molecular complexity index is 655. The molecule has 0 aliphatic carbocycles. The number of rotatable bonds is 0. The van der Waals surface area contributed by atoms with E-state index < -0.39 is 0 Å². The van der Waals surface area contributed by atoms with Crippen LogP contribution in [0.2, 0.25) is 5.02 Å². The third-order valence-corrected chi connectivity index (χ3v) is 4.28. The summed E-state index contributed by atoms with van der Waals surface area (Å²) >= 11 is 6.06. The molecular formula is C16H14ClNO. The van der Waals surface area contributed by atoms with Crippen LogP contribution in [0.5, 0.6) is 5.75 Å². The molecule has 2 aromatic rings. The lowest BCUT2D eigenvalue weighted by atomic mass is 9.83. The van der Waals surface area contributed by atoms with E-state index in [-0.39, 0.29) is 5.60 Å². The van der Waals surface area contributed by atoms with Gasteiger partial charge in [0.15, 0.2) is 5.60 Å². The molecule has 96 valence electrons. The van der Waals surface area contributed by atoms with Crippen LogP contribution in [-0.4, -0.2) is 6.54 Å². The van der Waals surface area contributed by atoms with Gasteiger partial charge in [0.05, 0.1) is 0 Å². The number of benzene rings is 2. The highest BCUT2D eigenvalue weighted by Gasteiger charge is 2.43. The summed E-state index contributed by atoms with van der Waals surface area (Å²) in [5.74, 6) is 0.922. The van der Waals surface area contributed by atoms with Crippen LogP contribution >= 0.6 is 11.6 Å². The Morgan fingerprint density at radius 1 is 1.11 bits per heavy atom. The van der Waals surface area contributed by atoms with Crippen LogP contribution in [-0.2, 0) is 18.6 Å². The van der Waals surface area contributed by atoms with Gasteiger partial charge in [-0.25, -0.2) is 0 Å². The highest BCUT2D eigenvalue weighted by Crippen LogP contribution is 2.44. The van der Waals surface area contributed by atoms with Gasteiger partial charge in [-0.2, -0.15) is 0 Å². The molecule has 0 radical (unpaired) electrons. The summed E-state index contributed by atoms with van der Waals surface area (Å²) in [4.78, 5) is 0. The summed E-state index contributed by atoms with van der Waals surface area (Å²) in [5.41, 5.74) is 3.61. The Morgan fingerprint density at radius 3 is 2.95 bits per heavy atom. The fraction of sp³-hybridized carbons (Fsp3) is 0.250. The van der Waals surface area contributed by atoms with Crippen LogP contribution < -0.4 is 10.1 Å². The minimum Gasteiger partial charge on any atom is -0.481 e. The lowest BCUT2D eigenvalue weighted by molar-refractivity contribution is 0.0827. The number of hydrogen-bond donors (Lipinski definition) is 1. The van der Waals surface area contributed by atoms with Crippen molar-refractivity contribution in [3.63, 3.8) is 0 Å². The number of nitrogens with one attached hydrogen (secondary N) is 1. The zero-order valence-electron chi connectivity index (χ0n) is 10.4. The molecule has 2 nitrogen and oxygen atoms in total. The van der Waals surface area contributed by atoms with Gasteiger partial charge >= 0.3 is 0 Å². The maximum atomic E-state index is 6.30. The predicted octanol–water partition coefficient (Wildman–Crippen LogP) is 3.27. The van der Waals surface area contributed by atoms with Gasteiger partial charge in [-0.3, -0.25) is 0 Å². The molecule has 19 heavy (non-hydrogen) atoms. The Balaban J connectivity index is 1.83.